The molecule has 138 valence electrons. The highest BCUT2D eigenvalue weighted by atomic mass is 19.4. The van der Waals surface area contributed by atoms with Crippen LogP contribution in [0.2, 0.25) is 0 Å². The van der Waals surface area contributed by atoms with E-state index < -0.39 is 35.7 Å². The van der Waals surface area contributed by atoms with Gasteiger partial charge in [0.25, 0.3) is 0 Å². The molecule has 0 radical (unpaired) electrons. The molecule has 0 bridgehead atoms. The Morgan fingerprint density at radius 3 is 2.46 bits per heavy atom. The van der Waals surface area contributed by atoms with E-state index >= 15 is 0 Å². The molecule has 0 saturated carbocycles. The Morgan fingerprint density at radius 1 is 1.38 bits per heavy atom. The lowest BCUT2D eigenvalue weighted by Gasteiger charge is -2.26. The molecule has 1 aliphatic heterocycles. The third kappa shape index (κ3) is 6.01. The summed E-state index contributed by atoms with van der Waals surface area (Å²) in [6.07, 6.45) is -4.88. The van der Waals surface area contributed by atoms with Crippen molar-refractivity contribution < 1.29 is 37.0 Å². The number of hydrogen-bond acceptors (Lipinski definition) is 5. The molecule has 3 atom stereocenters. The van der Waals surface area contributed by atoms with E-state index in [2.05, 4.69) is 10.1 Å². The minimum atomic E-state index is -5.05. The van der Waals surface area contributed by atoms with Crippen LogP contribution in [0.3, 0.4) is 0 Å². The number of amides is 1. The monoisotopic (exact) mass is 353 g/mol. The summed E-state index contributed by atoms with van der Waals surface area (Å²) in [6, 6.07) is -0.354. The van der Waals surface area contributed by atoms with Crippen LogP contribution in [0.1, 0.15) is 47.0 Å². The summed E-state index contributed by atoms with van der Waals surface area (Å²) in [5.74, 6) is -3.47. The van der Waals surface area contributed by atoms with Crippen LogP contribution in [0.25, 0.3) is 0 Å². The van der Waals surface area contributed by atoms with E-state index in [9.17, 15) is 27.6 Å². The van der Waals surface area contributed by atoms with Crippen LogP contribution >= 0.6 is 0 Å². The highest BCUT2D eigenvalue weighted by Crippen LogP contribution is 2.31. The van der Waals surface area contributed by atoms with Crippen molar-refractivity contribution in [1.82, 2.24) is 5.32 Å². The Kier molecular flexibility index (Phi) is 6.24. The first-order valence-corrected chi connectivity index (χ1v) is 7.59. The molecule has 1 rings (SSSR count). The molecule has 1 amide bonds. The molecular weight excluding hydrogens is 331 g/mol. The number of hydrogen-bond donors (Lipinski definition) is 1. The number of cyclic esters (lactones) is 1. The van der Waals surface area contributed by atoms with Gasteiger partial charge in [0.2, 0.25) is 5.91 Å². The van der Waals surface area contributed by atoms with Gasteiger partial charge in [-0.15, -0.1) is 0 Å². The molecular formula is C15H22F3NO5. The molecule has 0 spiro atoms. The first-order valence-electron chi connectivity index (χ1n) is 7.59. The SMILES string of the molecule is CC(=O)NC(C)[C@@H]1C[C@@H](CCC(C)(C)OC(=O)C(F)(F)F)C(=O)O1. The maximum absolute atomic E-state index is 12.2. The van der Waals surface area contributed by atoms with Gasteiger partial charge in [0.1, 0.15) is 11.7 Å². The number of carbonyl (C=O) groups excluding carboxylic acids is 3. The Labute approximate surface area is 138 Å². The highest BCUT2D eigenvalue weighted by molar-refractivity contribution is 5.76. The summed E-state index contributed by atoms with van der Waals surface area (Å²) in [4.78, 5) is 33.8. The first kappa shape index (κ1) is 20.2. The quantitative estimate of drug-likeness (QED) is 0.740. The molecule has 9 heteroatoms. The van der Waals surface area contributed by atoms with Gasteiger partial charge in [-0.1, -0.05) is 0 Å². The lowest BCUT2D eigenvalue weighted by atomic mass is 9.91. The van der Waals surface area contributed by atoms with Gasteiger partial charge in [0.15, 0.2) is 0 Å². The molecule has 1 heterocycles. The largest absolute Gasteiger partial charge is 0.490 e. The molecule has 24 heavy (non-hydrogen) atoms. The smallest absolute Gasteiger partial charge is 0.460 e. The maximum Gasteiger partial charge on any atom is 0.490 e. The summed E-state index contributed by atoms with van der Waals surface area (Å²) >= 11 is 0. The topological polar surface area (TPSA) is 81.7 Å². The van der Waals surface area contributed by atoms with Crippen LogP contribution in [-0.4, -0.2) is 41.8 Å². The molecule has 0 aliphatic carbocycles. The van der Waals surface area contributed by atoms with Gasteiger partial charge >= 0.3 is 18.1 Å². The number of alkyl halides is 3. The summed E-state index contributed by atoms with van der Waals surface area (Å²) in [7, 11) is 0. The van der Waals surface area contributed by atoms with Gasteiger partial charge in [-0.2, -0.15) is 13.2 Å². The number of halogens is 3. The molecule has 1 unspecified atom stereocenters. The molecule has 0 aromatic heterocycles. The van der Waals surface area contributed by atoms with Crippen LogP contribution in [0.5, 0.6) is 0 Å². The zero-order valence-corrected chi connectivity index (χ0v) is 14.0. The van der Waals surface area contributed by atoms with Crippen molar-refractivity contribution in [1.29, 1.82) is 0 Å². The van der Waals surface area contributed by atoms with Crippen LogP contribution < -0.4 is 5.32 Å². The Hall–Kier alpha value is -1.80. The van der Waals surface area contributed by atoms with E-state index in [0.29, 0.717) is 6.42 Å². The number of ether oxygens (including phenoxy) is 2. The molecule has 6 nitrogen and oxygen atoms in total. The zero-order valence-electron chi connectivity index (χ0n) is 14.0. The van der Waals surface area contributed by atoms with Gasteiger partial charge in [-0.05, 0) is 40.0 Å². The van der Waals surface area contributed by atoms with Crippen molar-refractivity contribution in [3.63, 3.8) is 0 Å². The predicted molar refractivity (Wildman–Crippen MR) is 76.7 cm³/mol. The fourth-order valence-corrected chi connectivity index (χ4v) is 2.51. The number of nitrogens with one attached hydrogen (secondary N) is 1. The fourth-order valence-electron chi connectivity index (χ4n) is 2.51. The minimum Gasteiger partial charge on any atom is -0.460 e. The molecule has 1 aliphatic rings. The second-order valence-corrected chi connectivity index (χ2v) is 6.58. The van der Waals surface area contributed by atoms with Gasteiger partial charge < -0.3 is 14.8 Å². The van der Waals surface area contributed by atoms with Crippen molar-refractivity contribution >= 4 is 17.8 Å². The minimum absolute atomic E-state index is 0.0792. The third-order valence-electron chi connectivity index (χ3n) is 3.80. The summed E-state index contributed by atoms with van der Waals surface area (Å²) in [5, 5.41) is 2.63. The van der Waals surface area contributed by atoms with Gasteiger partial charge in [0.05, 0.1) is 12.0 Å². The van der Waals surface area contributed by atoms with Crippen molar-refractivity contribution in [3.8, 4) is 0 Å². The van der Waals surface area contributed by atoms with Gasteiger partial charge in [-0.3, -0.25) is 9.59 Å². The molecule has 1 N–H and O–H groups in total. The van der Waals surface area contributed by atoms with Crippen LogP contribution in [0, 0.1) is 5.92 Å². The Balaban J connectivity index is 2.53. The normalized spacial score (nSPS) is 22.7. The molecule has 1 fully saturated rings. The third-order valence-corrected chi connectivity index (χ3v) is 3.80. The van der Waals surface area contributed by atoms with E-state index in [1.54, 1.807) is 6.92 Å². The van der Waals surface area contributed by atoms with E-state index in [-0.39, 0.29) is 24.8 Å². The number of carbonyl (C=O) groups is 3. The molecule has 1 saturated heterocycles. The van der Waals surface area contributed by atoms with E-state index in [0.717, 1.165) is 0 Å². The number of esters is 2. The van der Waals surface area contributed by atoms with Crippen molar-refractivity contribution in [3.05, 3.63) is 0 Å². The van der Waals surface area contributed by atoms with E-state index in [4.69, 9.17) is 4.74 Å². The summed E-state index contributed by atoms with van der Waals surface area (Å²) < 4.78 is 46.4. The van der Waals surface area contributed by atoms with Crippen LogP contribution in [0.4, 0.5) is 13.2 Å². The second kappa shape index (κ2) is 7.40. The van der Waals surface area contributed by atoms with Crippen molar-refractivity contribution in [2.24, 2.45) is 5.92 Å². The van der Waals surface area contributed by atoms with Crippen molar-refractivity contribution in [2.75, 3.05) is 0 Å². The van der Waals surface area contributed by atoms with Gasteiger partial charge in [-0.25, -0.2) is 4.79 Å². The molecule has 0 aromatic carbocycles. The van der Waals surface area contributed by atoms with Crippen LogP contribution in [0.15, 0.2) is 0 Å². The highest BCUT2D eigenvalue weighted by Gasteiger charge is 2.44. The van der Waals surface area contributed by atoms with E-state index in [1.807, 2.05) is 0 Å². The number of rotatable bonds is 6. The summed E-state index contributed by atoms with van der Waals surface area (Å²) in [5.41, 5.74) is -1.35. The lowest BCUT2D eigenvalue weighted by molar-refractivity contribution is -0.212. The van der Waals surface area contributed by atoms with Gasteiger partial charge in [0, 0.05) is 6.92 Å². The second-order valence-electron chi connectivity index (χ2n) is 6.58. The lowest BCUT2D eigenvalue weighted by Crippen LogP contribution is -2.39. The summed E-state index contributed by atoms with van der Waals surface area (Å²) in [6.45, 7) is 5.77. The molecule has 0 aromatic rings. The first-order chi connectivity index (χ1) is 10.8. The standard InChI is InChI=1S/C15H22F3NO5/c1-8(19-9(2)20)11-7-10(12(21)23-11)5-6-14(3,4)24-13(22)15(16,17)18/h8,10-11H,5-7H2,1-4H3,(H,19,20)/t8?,10-,11+/m1/s1. The van der Waals surface area contributed by atoms with Crippen LogP contribution in [-0.2, 0) is 23.9 Å². The average molecular weight is 353 g/mol. The van der Waals surface area contributed by atoms with Crippen molar-refractivity contribution in [2.45, 2.75) is 70.9 Å². The predicted octanol–water partition coefficient (Wildman–Crippen LogP) is 2.11. The average Bonchev–Trinajstić information content (AvgIpc) is 2.75. The zero-order chi connectivity index (χ0) is 18.7. The van der Waals surface area contributed by atoms with E-state index in [1.165, 1.54) is 20.8 Å². The fraction of sp³-hybridized carbons (Fsp3) is 0.800. The maximum atomic E-state index is 12.2. The Morgan fingerprint density at radius 2 is 1.96 bits per heavy atom. The Bertz CT molecular complexity index is 504.